The second-order valence-corrected chi connectivity index (χ2v) is 2.95. The summed E-state index contributed by atoms with van der Waals surface area (Å²) in [5, 5.41) is 21.1. The maximum Gasteiger partial charge on any atom is 0.120 e. The fraction of sp³-hybridized carbons (Fsp3) is 0.333. The molecule has 4 heteroatoms. The number of nitrogens with two attached hydrogens (primary N) is 1. The number of hydrogen-bond acceptors (Lipinski definition) is 4. The molecule has 0 saturated heterocycles. The predicted octanol–water partition coefficient (Wildman–Crippen LogP) is 0.402. The molecule has 1 atom stereocenters. The fourth-order valence-electron chi connectivity index (χ4n) is 1.00. The Hall–Kier alpha value is -1.26. The van der Waals surface area contributed by atoms with Crippen molar-refractivity contribution in [1.29, 1.82) is 0 Å². The SMILES string of the molecule is CC(O)NCc1cc(N)ccc1O. The van der Waals surface area contributed by atoms with E-state index >= 15 is 0 Å². The fourth-order valence-corrected chi connectivity index (χ4v) is 1.00. The zero-order valence-corrected chi connectivity index (χ0v) is 7.49. The minimum absolute atomic E-state index is 0.183. The number of phenolic OH excluding ortho intramolecular Hbond substituents is 1. The quantitative estimate of drug-likeness (QED) is 0.310. The summed E-state index contributed by atoms with van der Waals surface area (Å²) < 4.78 is 0. The highest BCUT2D eigenvalue weighted by Gasteiger charge is 2.02. The lowest BCUT2D eigenvalue weighted by Crippen LogP contribution is -2.24. The number of rotatable bonds is 3. The molecule has 0 saturated carbocycles. The van der Waals surface area contributed by atoms with E-state index in [2.05, 4.69) is 5.32 Å². The Morgan fingerprint density at radius 3 is 2.85 bits per heavy atom. The van der Waals surface area contributed by atoms with Crippen LogP contribution in [0.1, 0.15) is 12.5 Å². The van der Waals surface area contributed by atoms with Crippen molar-refractivity contribution in [3.8, 4) is 5.75 Å². The Morgan fingerprint density at radius 2 is 2.23 bits per heavy atom. The number of benzene rings is 1. The molecule has 0 aromatic heterocycles. The number of hydrogen-bond donors (Lipinski definition) is 4. The number of aromatic hydroxyl groups is 1. The normalized spacial score (nSPS) is 12.8. The summed E-state index contributed by atoms with van der Waals surface area (Å²) in [5.41, 5.74) is 6.81. The minimum Gasteiger partial charge on any atom is -0.508 e. The summed E-state index contributed by atoms with van der Waals surface area (Å²) in [6.45, 7) is 2.01. The van der Waals surface area contributed by atoms with Gasteiger partial charge >= 0.3 is 0 Å². The van der Waals surface area contributed by atoms with Gasteiger partial charge in [-0.3, -0.25) is 5.32 Å². The van der Waals surface area contributed by atoms with Crippen molar-refractivity contribution in [3.63, 3.8) is 0 Å². The molecule has 4 nitrogen and oxygen atoms in total. The molecule has 0 bridgehead atoms. The van der Waals surface area contributed by atoms with Crippen molar-refractivity contribution in [2.45, 2.75) is 19.7 Å². The van der Waals surface area contributed by atoms with E-state index in [9.17, 15) is 5.11 Å². The second-order valence-electron chi connectivity index (χ2n) is 2.95. The van der Waals surface area contributed by atoms with E-state index in [4.69, 9.17) is 10.8 Å². The second kappa shape index (κ2) is 4.11. The van der Waals surface area contributed by atoms with Crippen molar-refractivity contribution in [3.05, 3.63) is 23.8 Å². The summed E-state index contributed by atoms with van der Waals surface area (Å²) in [7, 11) is 0. The minimum atomic E-state index is -0.596. The van der Waals surface area contributed by atoms with Crippen LogP contribution in [0.5, 0.6) is 5.75 Å². The molecule has 0 fully saturated rings. The van der Waals surface area contributed by atoms with E-state index < -0.39 is 6.23 Å². The molecule has 0 aliphatic rings. The molecule has 13 heavy (non-hydrogen) atoms. The van der Waals surface area contributed by atoms with Gasteiger partial charge in [-0.25, -0.2) is 0 Å². The Balaban J connectivity index is 2.70. The van der Waals surface area contributed by atoms with Gasteiger partial charge in [0, 0.05) is 17.8 Å². The zero-order valence-electron chi connectivity index (χ0n) is 7.49. The topological polar surface area (TPSA) is 78.5 Å². The maximum atomic E-state index is 9.37. The highest BCUT2D eigenvalue weighted by atomic mass is 16.3. The predicted molar refractivity (Wildman–Crippen MR) is 51.0 cm³/mol. The van der Waals surface area contributed by atoms with Gasteiger partial charge in [-0.05, 0) is 25.1 Å². The van der Waals surface area contributed by atoms with Crippen molar-refractivity contribution in [2.75, 3.05) is 5.73 Å². The lowest BCUT2D eigenvalue weighted by Gasteiger charge is -2.09. The molecule has 72 valence electrons. The van der Waals surface area contributed by atoms with Crippen molar-refractivity contribution in [2.24, 2.45) is 0 Å². The first-order valence-electron chi connectivity index (χ1n) is 4.08. The molecule has 1 rings (SSSR count). The number of phenols is 1. The van der Waals surface area contributed by atoms with Crippen LogP contribution < -0.4 is 11.1 Å². The maximum absolute atomic E-state index is 9.37. The summed E-state index contributed by atoms with van der Waals surface area (Å²) in [4.78, 5) is 0. The highest BCUT2D eigenvalue weighted by molar-refractivity contribution is 5.47. The van der Waals surface area contributed by atoms with Crippen LogP contribution in [0, 0.1) is 0 Å². The molecular formula is C9H14N2O2. The molecule has 1 aromatic rings. The van der Waals surface area contributed by atoms with Crippen molar-refractivity contribution >= 4 is 5.69 Å². The first-order chi connectivity index (χ1) is 6.09. The lowest BCUT2D eigenvalue weighted by atomic mass is 10.2. The number of nitrogens with one attached hydrogen (secondary N) is 1. The number of aliphatic hydroxyl groups excluding tert-OH is 1. The van der Waals surface area contributed by atoms with Crippen LogP contribution in [0.25, 0.3) is 0 Å². The molecule has 0 aliphatic heterocycles. The molecular weight excluding hydrogens is 168 g/mol. The standard InChI is InChI=1S/C9H14N2O2/c1-6(12)11-5-7-4-8(10)2-3-9(7)13/h2-4,6,11-13H,5,10H2,1H3. The Kier molecular flexibility index (Phi) is 3.11. The van der Waals surface area contributed by atoms with Crippen LogP contribution in [0.15, 0.2) is 18.2 Å². The lowest BCUT2D eigenvalue weighted by molar-refractivity contribution is 0.154. The van der Waals surface area contributed by atoms with E-state index in [0.29, 0.717) is 17.8 Å². The zero-order chi connectivity index (χ0) is 9.84. The number of nitrogen functional groups attached to an aromatic ring is 1. The van der Waals surface area contributed by atoms with Gasteiger partial charge in [0.25, 0.3) is 0 Å². The van der Waals surface area contributed by atoms with Gasteiger partial charge in [-0.2, -0.15) is 0 Å². The summed E-state index contributed by atoms with van der Waals surface area (Å²) in [5.74, 6) is 0.183. The van der Waals surface area contributed by atoms with Gasteiger partial charge in [-0.1, -0.05) is 0 Å². The average molecular weight is 182 g/mol. The average Bonchev–Trinajstić information content (AvgIpc) is 2.06. The molecule has 0 aliphatic carbocycles. The Labute approximate surface area is 77.0 Å². The summed E-state index contributed by atoms with van der Waals surface area (Å²) in [6, 6.07) is 4.83. The summed E-state index contributed by atoms with van der Waals surface area (Å²) >= 11 is 0. The van der Waals surface area contributed by atoms with Crippen molar-refractivity contribution in [1.82, 2.24) is 5.32 Å². The van der Waals surface area contributed by atoms with Crippen molar-refractivity contribution < 1.29 is 10.2 Å². The van der Waals surface area contributed by atoms with Gasteiger partial charge in [0.15, 0.2) is 0 Å². The van der Waals surface area contributed by atoms with E-state index in [1.54, 1.807) is 19.1 Å². The van der Waals surface area contributed by atoms with Gasteiger partial charge in [0.1, 0.15) is 12.0 Å². The third-order valence-corrected chi connectivity index (χ3v) is 1.69. The van der Waals surface area contributed by atoms with Crippen LogP contribution in [0.4, 0.5) is 5.69 Å². The Morgan fingerprint density at radius 1 is 1.54 bits per heavy atom. The van der Waals surface area contributed by atoms with Crippen LogP contribution >= 0.6 is 0 Å². The van der Waals surface area contributed by atoms with Crippen LogP contribution in [0.2, 0.25) is 0 Å². The van der Waals surface area contributed by atoms with E-state index in [1.165, 1.54) is 6.07 Å². The molecule has 0 radical (unpaired) electrons. The van der Waals surface area contributed by atoms with Gasteiger partial charge in [-0.15, -0.1) is 0 Å². The third-order valence-electron chi connectivity index (χ3n) is 1.69. The largest absolute Gasteiger partial charge is 0.508 e. The van der Waals surface area contributed by atoms with Crippen LogP contribution in [-0.2, 0) is 6.54 Å². The first-order valence-corrected chi connectivity index (χ1v) is 4.08. The van der Waals surface area contributed by atoms with Gasteiger partial charge < -0.3 is 15.9 Å². The molecule has 1 unspecified atom stereocenters. The molecule has 5 N–H and O–H groups in total. The first kappa shape index (κ1) is 9.83. The van der Waals surface area contributed by atoms with Gasteiger partial charge in [0.2, 0.25) is 0 Å². The molecule has 0 spiro atoms. The molecule has 0 heterocycles. The van der Waals surface area contributed by atoms with Gasteiger partial charge in [0.05, 0.1) is 0 Å². The molecule has 1 aromatic carbocycles. The molecule has 0 amide bonds. The summed E-state index contributed by atoms with van der Waals surface area (Å²) in [6.07, 6.45) is -0.596. The smallest absolute Gasteiger partial charge is 0.120 e. The highest BCUT2D eigenvalue weighted by Crippen LogP contribution is 2.19. The van der Waals surface area contributed by atoms with Crippen LogP contribution in [0.3, 0.4) is 0 Å². The Bertz CT molecular complexity index is 287. The number of anilines is 1. The van der Waals surface area contributed by atoms with E-state index in [-0.39, 0.29) is 5.75 Å². The number of aliphatic hydroxyl groups is 1. The van der Waals surface area contributed by atoms with Crippen LogP contribution in [-0.4, -0.2) is 16.4 Å². The van der Waals surface area contributed by atoms with E-state index in [1.807, 2.05) is 0 Å². The monoisotopic (exact) mass is 182 g/mol. The third kappa shape index (κ3) is 2.93. The van der Waals surface area contributed by atoms with E-state index in [0.717, 1.165) is 0 Å².